The number of anilines is 2. The first-order valence-electron chi connectivity index (χ1n) is 20.2. The number of benzene rings is 2. The van der Waals surface area contributed by atoms with Crippen molar-refractivity contribution in [1.82, 2.24) is 17.5 Å². The number of hydrogen-bond acceptors (Lipinski definition) is 10. The van der Waals surface area contributed by atoms with Crippen LogP contribution in [-0.4, -0.2) is 43.7 Å². The molecule has 0 saturated carbocycles. The lowest BCUT2D eigenvalue weighted by Gasteiger charge is -2.25. The van der Waals surface area contributed by atoms with E-state index in [1.54, 1.807) is 0 Å². The molecular weight excluding hydrogens is 717 g/mol. The Labute approximate surface area is 328 Å². The molecule has 0 spiro atoms. The second-order valence-corrected chi connectivity index (χ2v) is 17.6. The highest BCUT2D eigenvalue weighted by Gasteiger charge is 2.21. The Morgan fingerprint density at radius 1 is 0.423 bits per heavy atom. The first-order chi connectivity index (χ1) is 25.7. The van der Waals surface area contributed by atoms with E-state index in [1.165, 1.54) is 168 Å². The van der Waals surface area contributed by atoms with Gasteiger partial charge < -0.3 is 9.80 Å². The average molecular weight is 775 g/mol. The topological polar surface area (TPSA) is 58.0 Å². The highest BCUT2D eigenvalue weighted by molar-refractivity contribution is 7.31. The van der Waals surface area contributed by atoms with Gasteiger partial charge in [0.15, 0.2) is 0 Å². The largest absolute Gasteiger partial charge is 0.370 e. The molecule has 280 valence electrons. The lowest BCUT2D eigenvalue weighted by Crippen LogP contribution is -2.26. The zero-order chi connectivity index (χ0) is 36.1. The van der Waals surface area contributed by atoms with Crippen molar-refractivity contribution in [1.29, 1.82) is 0 Å². The molecule has 0 aliphatic rings. The van der Waals surface area contributed by atoms with Crippen molar-refractivity contribution in [3.8, 4) is 20.9 Å². The fraction of sp³-hybridized carbons (Fsp3) is 0.571. The molecule has 0 aliphatic carbocycles. The summed E-state index contributed by atoms with van der Waals surface area (Å²) in [5, 5.41) is 0. The summed E-state index contributed by atoms with van der Waals surface area (Å²) in [5.41, 5.74) is 9.13. The van der Waals surface area contributed by atoms with Crippen molar-refractivity contribution >= 4 is 89.0 Å². The molecule has 0 aliphatic heterocycles. The molecule has 10 heteroatoms. The lowest BCUT2D eigenvalue weighted by atomic mass is 10.1. The van der Waals surface area contributed by atoms with E-state index in [0.717, 1.165) is 48.2 Å². The van der Waals surface area contributed by atoms with Crippen LogP contribution in [0.3, 0.4) is 0 Å². The van der Waals surface area contributed by atoms with Crippen LogP contribution in [0.1, 0.15) is 130 Å². The Morgan fingerprint density at radius 3 is 1.12 bits per heavy atom. The zero-order valence-corrected chi connectivity index (χ0v) is 35.2. The van der Waals surface area contributed by atoms with E-state index in [9.17, 15) is 0 Å². The van der Waals surface area contributed by atoms with Crippen LogP contribution in [0.5, 0.6) is 0 Å². The molecule has 0 N–H and O–H groups in total. The summed E-state index contributed by atoms with van der Waals surface area (Å²) in [6, 6.07) is 14.0. The van der Waals surface area contributed by atoms with E-state index in [0.29, 0.717) is 0 Å². The fourth-order valence-corrected chi connectivity index (χ4v) is 10.9. The van der Waals surface area contributed by atoms with Crippen LogP contribution in [-0.2, 0) is 0 Å². The molecule has 2 aromatic carbocycles. The Hall–Kier alpha value is -2.66. The minimum Gasteiger partial charge on any atom is -0.370 e. The number of aromatic nitrogens is 4. The van der Waals surface area contributed by atoms with Gasteiger partial charge in [0.05, 0.1) is 34.8 Å². The monoisotopic (exact) mass is 774 g/mol. The van der Waals surface area contributed by atoms with Crippen LogP contribution in [0.15, 0.2) is 36.4 Å². The van der Waals surface area contributed by atoms with E-state index < -0.39 is 0 Å². The van der Waals surface area contributed by atoms with Gasteiger partial charge in [0.25, 0.3) is 0 Å². The van der Waals surface area contributed by atoms with Gasteiger partial charge in [-0.1, -0.05) is 105 Å². The van der Waals surface area contributed by atoms with Crippen LogP contribution < -0.4 is 9.80 Å². The van der Waals surface area contributed by atoms with Gasteiger partial charge in [0.1, 0.15) is 22.1 Å². The Balaban J connectivity index is 1.24. The third-order valence-corrected chi connectivity index (χ3v) is 13.8. The van der Waals surface area contributed by atoms with Gasteiger partial charge in [-0.25, -0.2) is 0 Å². The van der Waals surface area contributed by atoms with Crippen molar-refractivity contribution in [2.75, 3.05) is 36.0 Å². The van der Waals surface area contributed by atoms with Crippen molar-refractivity contribution in [3.63, 3.8) is 0 Å². The predicted octanol–water partition coefficient (Wildman–Crippen LogP) is 14.2. The maximum absolute atomic E-state index is 4.88. The molecule has 6 rings (SSSR count). The molecule has 0 fully saturated rings. The van der Waals surface area contributed by atoms with Crippen molar-refractivity contribution in [2.45, 2.75) is 130 Å². The van der Waals surface area contributed by atoms with E-state index in [1.807, 2.05) is 22.7 Å². The summed E-state index contributed by atoms with van der Waals surface area (Å²) in [6.45, 7) is 13.5. The number of hydrogen-bond donors (Lipinski definition) is 0. The maximum atomic E-state index is 4.88. The molecule has 0 atom stereocenters. The van der Waals surface area contributed by atoms with Crippen LogP contribution in [0.4, 0.5) is 11.4 Å². The van der Waals surface area contributed by atoms with E-state index in [4.69, 9.17) is 17.5 Å². The number of thiophene rings is 2. The van der Waals surface area contributed by atoms with Gasteiger partial charge in [-0.2, -0.15) is 17.5 Å². The van der Waals surface area contributed by atoms with E-state index in [-0.39, 0.29) is 0 Å². The highest BCUT2D eigenvalue weighted by atomic mass is 32.1. The lowest BCUT2D eigenvalue weighted by molar-refractivity contribution is 0.609. The van der Waals surface area contributed by atoms with E-state index in [2.05, 4.69) is 73.9 Å². The Bertz CT molecular complexity index is 1760. The van der Waals surface area contributed by atoms with Crippen LogP contribution in [0.2, 0.25) is 0 Å². The minimum atomic E-state index is 1.04. The quantitative estimate of drug-likeness (QED) is 0.0571. The summed E-state index contributed by atoms with van der Waals surface area (Å²) in [5.74, 6) is 0. The molecule has 4 heterocycles. The number of unbranched alkanes of at least 4 members (excludes halogenated alkanes) is 12. The summed E-state index contributed by atoms with van der Waals surface area (Å²) in [7, 11) is 0. The second kappa shape index (κ2) is 20.1. The van der Waals surface area contributed by atoms with Crippen LogP contribution >= 0.6 is 46.1 Å². The molecule has 6 nitrogen and oxygen atoms in total. The van der Waals surface area contributed by atoms with Crippen molar-refractivity contribution < 1.29 is 0 Å². The van der Waals surface area contributed by atoms with Gasteiger partial charge in [0.2, 0.25) is 0 Å². The van der Waals surface area contributed by atoms with Gasteiger partial charge in [-0.15, -0.1) is 22.7 Å². The first-order valence-corrected chi connectivity index (χ1v) is 23.3. The van der Waals surface area contributed by atoms with Crippen LogP contribution in [0, 0.1) is 0 Å². The summed E-state index contributed by atoms with van der Waals surface area (Å²) in [6.07, 6.45) is 20.4. The molecular formula is C42H58N6S4. The third kappa shape index (κ3) is 9.52. The summed E-state index contributed by atoms with van der Waals surface area (Å²) < 4.78 is 22.2. The molecule has 0 saturated heterocycles. The predicted molar refractivity (Wildman–Crippen MR) is 234 cm³/mol. The molecule has 0 bridgehead atoms. The zero-order valence-electron chi connectivity index (χ0n) is 31.9. The number of rotatable bonds is 24. The molecule has 0 amide bonds. The van der Waals surface area contributed by atoms with Gasteiger partial charge in [-0.3, -0.25) is 0 Å². The second-order valence-electron chi connectivity index (χ2n) is 14.4. The molecule has 6 aromatic rings. The molecule has 52 heavy (non-hydrogen) atoms. The Morgan fingerprint density at radius 2 is 0.769 bits per heavy atom. The van der Waals surface area contributed by atoms with Crippen molar-refractivity contribution in [2.24, 2.45) is 0 Å². The number of fused-ring (bicyclic) bond motifs is 3. The summed E-state index contributed by atoms with van der Waals surface area (Å²) >= 11 is 6.44. The normalized spacial score (nSPS) is 11.8. The third-order valence-electron chi connectivity index (χ3n) is 10.3. The fourth-order valence-electron chi connectivity index (χ4n) is 7.34. The molecule has 0 unspecified atom stereocenters. The Kier molecular flexibility index (Phi) is 15.1. The molecule has 4 aromatic heterocycles. The molecule has 0 radical (unpaired) electrons. The van der Waals surface area contributed by atoms with Gasteiger partial charge in [-0.05, 0) is 62.1 Å². The van der Waals surface area contributed by atoms with Crippen LogP contribution in [0.25, 0.3) is 52.3 Å². The highest BCUT2D eigenvalue weighted by Crippen LogP contribution is 2.46. The maximum Gasteiger partial charge on any atom is 0.128 e. The average Bonchev–Trinajstić information content (AvgIpc) is 3.98. The summed E-state index contributed by atoms with van der Waals surface area (Å²) in [4.78, 5) is 7.73. The van der Waals surface area contributed by atoms with Crippen molar-refractivity contribution in [3.05, 3.63) is 36.4 Å². The SMILES string of the molecule is CCCCCCN(CCCCCC)c1ccc(-c2cc3sc(-c4ccc(N(CCCCCC)CCCCCC)c5nsnc45)cc3s2)c2nsnc12. The van der Waals surface area contributed by atoms with E-state index >= 15 is 0 Å². The minimum absolute atomic E-state index is 1.04. The van der Waals surface area contributed by atoms with Gasteiger partial charge in [0, 0.05) is 56.5 Å². The smallest absolute Gasteiger partial charge is 0.128 e. The standard InChI is InChI=1S/C42H58N6S4/c1-5-9-13-17-25-47(26-18-14-10-6-2)33-23-21-31(39-41(33)45-51-43-39)35-29-37-38(49-35)30-36(50-37)32-22-24-34(42-40(32)44-52-46-42)48(27-19-15-11-7-3)28-20-16-12-8-4/h21-24,29-30H,5-20,25-28H2,1-4H3. The first kappa shape index (κ1) is 39.0. The van der Waals surface area contributed by atoms with Gasteiger partial charge >= 0.3 is 0 Å². The number of nitrogens with zero attached hydrogens (tertiary/aromatic N) is 6.